The molecule has 1 aromatic rings. The third-order valence-corrected chi connectivity index (χ3v) is 1.21. The van der Waals surface area contributed by atoms with Crippen LogP contribution in [0.2, 0.25) is 0 Å². The summed E-state index contributed by atoms with van der Waals surface area (Å²) in [7, 11) is 0. The summed E-state index contributed by atoms with van der Waals surface area (Å²) in [5.74, 6) is -1.87. The van der Waals surface area contributed by atoms with Gasteiger partial charge in [-0.1, -0.05) is 0 Å². The Labute approximate surface area is 70.3 Å². The van der Waals surface area contributed by atoms with Gasteiger partial charge in [-0.15, -0.1) is 0 Å². The molecule has 0 radical (unpaired) electrons. The van der Waals surface area contributed by atoms with Gasteiger partial charge in [-0.25, -0.2) is 9.59 Å². The number of aromatic carboxylic acids is 2. The maximum atomic E-state index is 10.8. The lowest BCUT2D eigenvalue weighted by molar-refractivity contribution is 0.0696. The zero-order chi connectivity index (χ0) is 10.6. The fourth-order valence-corrected chi connectivity index (χ4v) is 0.663. The van der Waals surface area contributed by atoms with Crippen molar-refractivity contribution in [1.29, 1.82) is 2.86 Å². The van der Waals surface area contributed by atoms with Crippen molar-refractivity contribution in [2.75, 3.05) is 0 Å². The van der Waals surface area contributed by atoms with Gasteiger partial charge in [-0.2, -0.15) is 0 Å². The molecule has 12 heavy (non-hydrogen) atoms. The van der Waals surface area contributed by atoms with Crippen molar-refractivity contribution >= 4 is 11.9 Å². The number of carboxylic acid groups (broad SMARTS) is 2. The third kappa shape index (κ3) is 1.57. The molecule has 0 fully saturated rings. The largest absolute Gasteiger partial charge is 0.478 e. The molecule has 0 atom stereocenters. The highest BCUT2D eigenvalue weighted by Gasteiger charge is 2.07. The van der Waals surface area contributed by atoms with Crippen LogP contribution in [0.4, 0.5) is 0 Å². The molecule has 0 aliphatic rings. The van der Waals surface area contributed by atoms with Crippen LogP contribution in [-0.4, -0.2) is 27.1 Å². The number of carbonyl (C=O) groups is 2. The highest BCUT2D eigenvalue weighted by atomic mass is 16.4. The minimum Gasteiger partial charge on any atom is -0.478 e. The van der Waals surface area contributed by atoms with Crippen LogP contribution < -0.4 is 0 Å². The maximum Gasteiger partial charge on any atom is 0.337 e. The van der Waals surface area contributed by atoms with Gasteiger partial charge in [0.15, 0.2) is 0 Å². The Morgan fingerprint density at radius 3 is 2.17 bits per heavy atom. The Balaban J connectivity index is 3.01. The van der Waals surface area contributed by atoms with Crippen molar-refractivity contribution in [2.24, 2.45) is 0 Å². The van der Waals surface area contributed by atoms with Gasteiger partial charge in [-0.05, 0) is 6.07 Å². The smallest absolute Gasteiger partial charge is 0.337 e. The Bertz CT molecular complexity index is 337. The Morgan fingerprint density at radius 2 is 1.75 bits per heavy atom. The van der Waals surface area contributed by atoms with Gasteiger partial charge in [0.1, 0.15) is 0 Å². The van der Waals surface area contributed by atoms with E-state index in [9.17, 15) is 9.59 Å². The molecule has 0 aromatic carbocycles. The molecule has 62 valence electrons. The second kappa shape index (κ2) is 3.00. The van der Waals surface area contributed by atoms with E-state index in [2.05, 4.69) is 15.2 Å². The number of rotatable bonds is 2. The van der Waals surface area contributed by atoms with Crippen LogP contribution in [0.15, 0.2) is 18.5 Å². The lowest BCUT2D eigenvalue weighted by atomic mass is 10.2. The molecule has 1 rings (SSSR count). The number of pyridine rings is 1. The van der Waals surface area contributed by atoms with E-state index in [1.165, 1.54) is 0 Å². The van der Waals surface area contributed by atoms with Crippen molar-refractivity contribution in [3.05, 3.63) is 29.6 Å². The highest BCUT2D eigenvalue weighted by molar-refractivity contribution is 5.92. The zero-order valence-electron chi connectivity index (χ0n) is 7.81. The monoisotopic (exact) mass is 169 g/mol. The lowest BCUT2D eigenvalue weighted by Gasteiger charge is -1.94. The van der Waals surface area contributed by atoms with Crippen molar-refractivity contribution < 1.29 is 19.8 Å². The predicted molar refractivity (Wildman–Crippen MR) is 38.2 cm³/mol. The van der Waals surface area contributed by atoms with Gasteiger partial charge < -0.3 is 10.2 Å². The Kier molecular flexibility index (Phi) is 1.42. The number of hydrogen-bond donors (Lipinski definition) is 2. The van der Waals surface area contributed by atoms with E-state index in [4.69, 9.17) is 2.86 Å². The van der Waals surface area contributed by atoms with Crippen LogP contribution >= 0.6 is 0 Å². The average molecular weight is 169 g/mol. The zero-order valence-corrected chi connectivity index (χ0v) is 5.81. The van der Waals surface area contributed by atoms with Crippen molar-refractivity contribution in [1.82, 2.24) is 4.98 Å². The summed E-state index contributed by atoms with van der Waals surface area (Å²) in [6.45, 7) is 0. The molecule has 5 heteroatoms. The summed E-state index contributed by atoms with van der Waals surface area (Å²) in [5, 5.41) is 7.35. The van der Waals surface area contributed by atoms with Crippen molar-refractivity contribution in [2.45, 2.75) is 0 Å². The summed E-state index contributed by atoms with van der Waals surface area (Å²) < 4.78 is 12.7. The first-order valence-corrected chi connectivity index (χ1v) is 2.99. The maximum absolute atomic E-state index is 10.8. The molecule has 5 nitrogen and oxygen atoms in total. The number of aromatic nitrogens is 1. The lowest BCUT2D eigenvalue weighted by Crippen LogP contribution is -2.02. The second-order valence-electron chi connectivity index (χ2n) is 2.04. The standard InChI is InChI=1S/C7H5NO4/c9-6(10)4-1-5(7(11)12)3-8-2-4/h1-3H,(H,9,10)(H,11,12)/i/hD2. The summed E-state index contributed by atoms with van der Waals surface area (Å²) in [4.78, 5) is 25.2. The van der Waals surface area contributed by atoms with Gasteiger partial charge in [0.2, 0.25) is 0 Å². The van der Waals surface area contributed by atoms with Crippen LogP contribution in [0.3, 0.4) is 0 Å². The Morgan fingerprint density at radius 1 is 1.25 bits per heavy atom. The third-order valence-electron chi connectivity index (χ3n) is 1.21. The first-order valence-electron chi connectivity index (χ1n) is 3.80. The molecule has 0 bridgehead atoms. The van der Waals surface area contributed by atoms with Crippen LogP contribution in [0.5, 0.6) is 0 Å². The van der Waals surface area contributed by atoms with Crippen LogP contribution in [-0.2, 0) is 0 Å². The molecule has 0 amide bonds. The van der Waals surface area contributed by atoms with E-state index in [0.29, 0.717) is 0 Å². The fraction of sp³-hybridized carbons (Fsp3) is 0. The fourth-order valence-electron chi connectivity index (χ4n) is 0.663. The predicted octanol–water partition coefficient (Wildman–Crippen LogP) is 0.478. The van der Waals surface area contributed by atoms with E-state index in [0.717, 1.165) is 18.5 Å². The normalized spacial score (nSPS) is 11.0. The molecule has 0 aliphatic heterocycles. The molecule has 0 unspecified atom stereocenters. The minimum absolute atomic E-state index is 0.0529. The van der Waals surface area contributed by atoms with Gasteiger partial charge in [0.25, 0.3) is 2.86 Å². The quantitative estimate of drug-likeness (QED) is 0.672. The van der Waals surface area contributed by atoms with Crippen LogP contribution in [0.25, 0.3) is 2.86 Å². The van der Waals surface area contributed by atoms with Crippen LogP contribution in [0, 0.1) is 0 Å². The number of nitrogens with zero attached hydrogens (tertiary/aromatic N) is 1. The van der Waals surface area contributed by atoms with E-state index >= 15 is 0 Å². The molecular formula is C7H5NO4. The van der Waals surface area contributed by atoms with Gasteiger partial charge in [0, 0.05) is 12.4 Å². The van der Waals surface area contributed by atoms with Gasteiger partial charge >= 0.3 is 11.9 Å². The van der Waals surface area contributed by atoms with Gasteiger partial charge in [-0.3, -0.25) is 4.98 Å². The van der Waals surface area contributed by atoms with E-state index in [1.54, 1.807) is 0 Å². The average Bonchev–Trinajstić information content (AvgIpc) is 2.27. The summed E-state index contributed by atoms with van der Waals surface area (Å²) in [5.41, 5.74) is -0.106. The molecule has 0 aliphatic carbocycles. The van der Waals surface area contributed by atoms with E-state index in [-0.39, 0.29) is 11.1 Å². The molecule has 0 saturated carbocycles. The SMILES string of the molecule is [2H]OC(=O)c1cncc(C(=O)O[2H])c1. The molecule has 0 saturated heterocycles. The van der Waals surface area contributed by atoms with Gasteiger partial charge in [0.05, 0.1) is 11.1 Å². The minimum atomic E-state index is -0.933. The van der Waals surface area contributed by atoms with E-state index < -0.39 is 11.9 Å². The topological polar surface area (TPSA) is 87.5 Å². The molecular weight excluding hydrogens is 162 g/mol. The molecule has 1 heterocycles. The number of carboxylic acids is 2. The molecule has 0 spiro atoms. The highest BCUT2D eigenvalue weighted by Crippen LogP contribution is 2.01. The van der Waals surface area contributed by atoms with Crippen molar-refractivity contribution in [3.8, 4) is 0 Å². The summed E-state index contributed by atoms with van der Waals surface area (Å²) in [6, 6.07) is 1.13. The molecule has 2 N–H and O–H groups in total. The number of hydrogen-bond acceptors (Lipinski definition) is 5. The summed E-state index contributed by atoms with van der Waals surface area (Å²) >= 11 is 0. The molecule has 1 aromatic heterocycles. The van der Waals surface area contributed by atoms with E-state index in [1.807, 2.05) is 0 Å². The van der Waals surface area contributed by atoms with Crippen molar-refractivity contribution in [3.63, 3.8) is 0 Å². The Hall–Kier alpha value is -1.91. The second-order valence-corrected chi connectivity index (χ2v) is 2.04. The first-order chi connectivity index (χ1) is 6.69. The van der Waals surface area contributed by atoms with Crippen LogP contribution in [0.1, 0.15) is 20.7 Å². The summed E-state index contributed by atoms with van der Waals surface area (Å²) in [6.07, 6.45) is 2.27. The first kappa shape index (κ1) is 5.70.